The lowest BCUT2D eigenvalue weighted by atomic mass is 10.0. The van der Waals surface area contributed by atoms with E-state index in [4.69, 9.17) is 0 Å². The average molecular weight is 396 g/mol. The number of nitrogens with one attached hydrogen (secondary N) is 1. The van der Waals surface area contributed by atoms with Crippen molar-refractivity contribution in [3.8, 4) is 0 Å². The Hall–Kier alpha value is -2.40. The van der Waals surface area contributed by atoms with E-state index in [1.807, 2.05) is 12.1 Å². The molecule has 0 aliphatic carbocycles. The maximum Gasteiger partial charge on any atom is 0.217 e. The normalized spacial score (nSPS) is 17.4. The number of piperidine rings is 1. The van der Waals surface area contributed by atoms with Crippen molar-refractivity contribution in [3.63, 3.8) is 0 Å². The smallest absolute Gasteiger partial charge is 0.217 e. The van der Waals surface area contributed by atoms with Gasteiger partial charge in [-0.2, -0.15) is 0 Å². The first-order chi connectivity index (χ1) is 14.1. The number of rotatable bonds is 6. The fraction of sp³-hybridized carbons (Fsp3) is 0.458. The Kier molecular flexibility index (Phi) is 6.14. The van der Waals surface area contributed by atoms with Gasteiger partial charge in [-0.1, -0.05) is 24.3 Å². The lowest BCUT2D eigenvalue weighted by molar-refractivity contribution is -0.119. The SMILES string of the molecule is CC(=O)NCc1ccc2c(c1)N(C1CCN(CCc3ccc(F)cc3)CC1)CC2. The highest BCUT2D eigenvalue weighted by atomic mass is 19.1. The van der Waals surface area contributed by atoms with Gasteiger partial charge in [-0.05, 0) is 60.6 Å². The zero-order valence-electron chi connectivity index (χ0n) is 17.2. The molecule has 4 rings (SSSR count). The largest absolute Gasteiger partial charge is 0.368 e. The quantitative estimate of drug-likeness (QED) is 0.813. The van der Waals surface area contributed by atoms with E-state index in [9.17, 15) is 9.18 Å². The third-order valence-corrected chi connectivity index (χ3v) is 6.25. The third kappa shape index (κ3) is 4.96. The molecule has 2 aromatic carbocycles. The van der Waals surface area contributed by atoms with E-state index < -0.39 is 0 Å². The van der Waals surface area contributed by atoms with Gasteiger partial charge in [0.2, 0.25) is 5.91 Å². The van der Waals surface area contributed by atoms with E-state index >= 15 is 0 Å². The van der Waals surface area contributed by atoms with Crippen LogP contribution >= 0.6 is 0 Å². The van der Waals surface area contributed by atoms with Gasteiger partial charge in [0.1, 0.15) is 5.82 Å². The number of carbonyl (C=O) groups excluding carboxylic acids is 1. The molecule has 0 radical (unpaired) electrons. The van der Waals surface area contributed by atoms with Gasteiger partial charge in [-0.25, -0.2) is 4.39 Å². The molecule has 0 bridgehead atoms. The number of hydrogen-bond acceptors (Lipinski definition) is 3. The summed E-state index contributed by atoms with van der Waals surface area (Å²) in [6.07, 6.45) is 4.45. The Morgan fingerprint density at radius 1 is 1.07 bits per heavy atom. The van der Waals surface area contributed by atoms with Gasteiger partial charge in [0.15, 0.2) is 0 Å². The summed E-state index contributed by atoms with van der Waals surface area (Å²) in [4.78, 5) is 16.3. The van der Waals surface area contributed by atoms with Gasteiger partial charge in [-0.15, -0.1) is 0 Å². The predicted molar refractivity (Wildman–Crippen MR) is 115 cm³/mol. The van der Waals surface area contributed by atoms with Crippen molar-refractivity contribution in [1.82, 2.24) is 10.2 Å². The summed E-state index contributed by atoms with van der Waals surface area (Å²) >= 11 is 0. The fourth-order valence-corrected chi connectivity index (χ4v) is 4.56. The Morgan fingerprint density at radius 3 is 2.52 bits per heavy atom. The second-order valence-electron chi connectivity index (χ2n) is 8.27. The minimum Gasteiger partial charge on any atom is -0.368 e. The molecule has 2 aromatic rings. The standard InChI is InChI=1S/C24H30FN3O/c1-18(29)26-17-20-2-5-21-9-15-28(24(21)16-20)23-10-13-27(14-11-23)12-8-19-3-6-22(25)7-4-19/h2-7,16,23H,8-15,17H2,1H3,(H,26,29). The number of benzene rings is 2. The number of nitrogens with zero attached hydrogens (tertiary/aromatic N) is 2. The molecule has 0 aromatic heterocycles. The van der Waals surface area contributed by atoms with E-state index in [2.05, 4.69) is 33.3 Å². The number of anilines is 1. The van der Waals surface area contributed by atoms with Crippen molar-refractivity contribution in [2.24, 2.45) is 0 Å². The number of fused-ring (bicyclic) bond motifs is 1. The number of hydrogen-bond donors (Lipinski definition) is 1. The van der Waals surface area contributed by atoms with Gasteiger partial charge in [0.25, 0.3) is 0 Å². The third-order valence-electron chi connectivity index (χ3n) is 6.25. The van der Waals surface area contributed by atoms with Gasteiger partial charge in [0, 0.05) is 51.4 Å². The zero-order valence-corrected chi connectivity index (χ0v) is 17.2. The molecule has 5 heteroatoms. The van der Waals surface area contributed by atoms with Crippen LogP contribution in [0.2, 0.25) is 0 Å². The molecule has 2 aliphatic rings. The van der Waals surface area contributed by atoms with Crippen LogP contribution in [0.3, 0.4) is 0 Å². The van der Waals surface area contributed by atoms with Gasteiger partial charge in [0.05, 0.1) is 0 Å². The second-order valence-corrected chi connectivity index (χ2v) is 8.27. The van der Waals surface area contributed by atoms with Gasteiger partial charge < -0.3 is 15.1 Å². The first-order valence-electron chi connectivity index (χ1n) is 10.7. The Bertz CT molecular complexity index is 844. The van der Waals surface area contributed by atoms with Crippen molar-refractivity contribution in [2.75, 3.05) is 31.1 Å². The van der Waals surface area contributed by atoms with Crippen LogP contribution in [0.25, 0.3) is 0 Å². The molecular weight excluding hydrogens is 365 g/mol. The van der Waals surface area contributed by atoms with E-state index in [0.717, 1.165) is 39.0 Å². The first kappa shape index (κ1) is 19.9. The molecule has 0 atom stereocenters. The van der Waals surface area contributed by atoms with Crippen LogP contribution in [0.4, 0.5) is 10.1 Å². The molecule has 29 heavy (non-hydrogen) atoms. The van der Waals surface area contributed by atoms with Crippen molar-refractivity contribution >= 4 is 11.6 Å². The summed E-state index contributed by atoms with van der Waals surface area (Å²) in [5.41, 5.74) is 5.16. The van der Waals surface area contributed by atoms with Crippen molar-refractivity contribution < 1.29 is 9.18 Å². The summed E-state index contributed by atoms with van der Waals surface area (Å²) in [7, 11) is 0. The highest BCUT2D eigenvalue weighted by Crippen LogP contribution is 2.33. The van der Waals surface area contributed by atoms with Gasteiger partial charge >= 0.3 is 0 Å². The van der Waals surface area contributed by atoms with Crippen LogP contribution in [0.15, 0.2) is 42.5 Å². The van der Waals surface area contributed by atoms with Crippen LogP contribution in [0, 0.1) is 5.82 Å². The molecule has 154 valence electrons. The van der Waals surface area contributed by atoms with Crippen LogP contribution in [0.1, 0.15) is 36.5 Å². The van der Waals surface area contributed by atoms with Crippen molar-refractivity contribution in [1.29, 1.82) is 0 Å². The topological polar surface area (TPSA) is 35.6 Å². The molecule has 1 N–H and O–H groups in total. The molecular formula is C24H30FN3O. The van der Waals surface area contributed by atoms with E-state index in [-0.39, 0.29) is 11.7 Å². The first-order valence-corrected chi connectivity index (χ1v) is 10.7. The van der Waals surface area contributed by atoms with Crippen LogP contribution in [-0.4, -0.2) is 43.0 Å². The molecule has 2 heterocycles. The number of likely N-dealkylation sites (tertiary alicyclic amines) is 1. The molecule has 1 amide bonds. The summed E-state index contributed by atoms with van der Waals surface area (Å²) in [5, 5.41) is 2.90. The fourth-order valence-electron chi connectivity index (χ4n) is 4.56. The summed E-state index contributed by atoms with van der Waals surface area (Å²) < 4.78 is 13.0. The molecule has 4 nitrogen and oxygen atoms in total. The Balaban J connectivity index is 1.31. The summed E-state index contributed by atoms with van der Waals surface area (Å²) in [5.74, 6) is -0.156. The highest BCUT2D eigenvalue weighted by Gasteiger charge is 2.29. The Labute approximate surface area is 172 Å². The monoisotopic (exact) mass is 395 g/mol. The lowest BCUT2D eigenvalue weighted by Crippen LogP contribution is -2.45. The van der Waals surface area contributed by atoms with E-state index in [1.54, 1.807) is 19.1 Å². The molecule has 1 saturated heterocycles. The average Bonchev–Trinajstić information content (AvgIpc) is 3.15. The van der Waals surface area contributed by atoms with Crippen LogP contribution in [0.5, 0.6) is 0 Å². The van der Waals surface area contributed by atoms with E-state index in [1.165, 1.54) is 35.2 Å². The number of halogens is 1. The highest BCUT2D eigenvalue weighted by molar-refractivity contribution is 5.73. The minimum absolute atomic E-state index is 0.00960. The van der Waals surface area contributed by atoms with Crippen LogP contribution < -0.4 is 10.2 Å². The number of carbonyl (C=O) groups is 1. The molecule has 2 aliphatic heterocycles. The molecule has 0 spiro atoms. The Morgan fingerprint density at radius 2 is 1.79 bits per heavy atom. The van der Waals surface area contributed by atoms with Gasteiger partial charge in [-0.3, -0.25) is 4.79 Å². The maximum absolute atomic E-state index is 13.0. The molecule has 0 unspecified atom stereocenters. The minimum atomic E-state index is -0.166. The second kappa shape index (κ2) is 8.95. The van der Waals surface area contributed by atoms with Crippen molar-refractivity contribution in [2.45, 2.75) is 45.2 Å². The molecule has 1 fully saturated rings. The lowest BCUT2D eigenvalue weighted by Gasteiger charge is -2.38. The number of amides is 1. The summed E-state index contributed by atoms with van der Waals surface area (Å²) in [6.45, 7) is 6.52. The molecule has 0 saturated carbocycles. The van der Waals surface area contributed by atoms with Crippen LogP contribution in [-0.2, 0) is 24.2 Å². The zero-order chi connectivity index (χ0) is 20.2. The van der Waals surface area contributed by atoms with Crippen molar-refractivity contribution in [3.05, 3.63) is 65.0 Å². The van der Waals surface area contributed by atoms with E-state index in [0.29, 0.717) is 12.6 Å². The predicted octanol–water partition coefficient (Wildman–Crippen LogP) is 3.53. The summed E-state index contributed by atoms with van der Waals surface area (Å²) in [6, 6.07) is 14.1. The maximum atomic E-state index is 13.0.